The minimum Gasteiger partial charge on any atom is -0.493 e. The number of aromatic amines is 1. The van der Waals surface area contributed by atoms with Gasteiger partial charge >= 0.3 is 0 Å². The van der Waals surface area contributed by atoms with Crippen LogP contribution in [0.15, 0.2) is 34.2 Å². The highest BCUT2D eigenvalue weighted by Crippen LogP contribution is 2.25. The lowest BCUT2D eigenvalue weighted by Crippen LogP contribution is -2.15. The highest BCUT2D eigenvalue weighted by Gasteiger charge is 2.07. The third-order valence-electron chi connectivity index (χ3n) is 2.25. The maximum absolute atomic E-state index is 11.8. The Kier molecular flexibility index (Phi) is 5.11. The van der Waals surface area contributed by atoms with Gasteiger partial charge in [-0.15, -0.1) is 0 Å². The molecular weight excluding hydrogens is 337 g/mol. The second kappa shape index (κ2) is 6.84. The van der Waals surface area contributed by atoms with Crippen molar-refractivity contribution in [1.82, 2.24) is 9.97 Å². The topological polar surface area (TPSA) is 95.1 Å². The Balaban J connectivity index is 1.95. The number of carbonyl (C=O) groups is 1. The molecular formula is C12H9Cl2N3O3S. The summed E-state index contributed by atoms with van der Waals surface area (Å²) in [6.07, 6.45) is 0. The fraction of sp³-hybridized carbons (Fsp3) is 0.0833. The lowest BCUT2D eigenvalue weighted by atomic mass is 10.3. The minimum absolute atomic E-state index is 0.00659. The monoisotopic (exact) mass is 345 g/mol. The Bertz CT molecular complexity index is 736. The summed E-state index contributed by atoms with van der Waals surface area (Å²) in [5.41, 5.74) is 0.0160. The fourth-order valence-corrected chi connectivity index (χ4v) is 2.37. The summed E-state index contributed by atoms with van der Waals surface area (Å²) in [5, 5.41) is 12.7. The summed E-state index contributed by atoms with van der Waals surface area (Å²) in [5.74, 6) is -0.706. The molecule has 0 saturated carbocycles. The smallest absolute Gasteiger partial charge is 0.255 e. The third kappa shape index (κ3) is 4.66. The van der Waals surface area contributed by atoms with E-state index in [9.17, 15) is 14.7 Å². The molecule has 0 radical (unpaired) electrons. The average Bonchev–Trinajstić information content (AvgIpc) is 2.40. The Hall–Kier alpha value is -1.70. The largest absolute Gasteiger partial charge is 0.493 e. The highest BCUT2D eigenvalue weighted by molar-refractivity contribution is 7.99. The molecule has 1 aromatic carbocycles. The minimum atomic E-state index is -0.491. The van der Waals surface area contributed by atoms with Crippen LogP contribution in [0.25, 0.3) is 0 Å². The van der Waals surface area contributed by atoms with Crippen LogP contribution in [-0.2, 0) is 4.79 Å². The molecule has 0 spiro atoms. The summed E-state index contributed by atoms with van der Waals surface area (Å²) in [4.78, 5) is 29.0. The van der Waals surface area contributed by atoms with Crippen LogP contribution in [0.3, 0.4) is 0 Å². The van der Waals surface area contributed by atoms with E-state index >= 15 is 0 Å². The summed E-state index contributed by atoms with van der Waals surface area (Å²) in [6.45, 7) is 0. The van der Waals surface area contributed by atoms with Crippen molar-refractivity contribution in [2.24, 2.45) is 0 Å². The van der Waals surface area contributed by atoms with E-state index in [4.69, 9.17) is 23.2 Å². The van der Waals surface area contributed by atoms with Crippen molar-refractivity contribution in [3.63, 3.8) is 0 Å². The first kappa shape index (κ1) is 15.7. The van der Waals surface area contributed by atoms with E-state index in [1.165, 1.54) is 6.07 Å². The number of nitrogens with one attached hydrogen (secondary N) is 2. The highest BCUT2D eigenvalue weighted by atomic mass is 35.5. The van der Waals surface area contributed by atoms with Gasteiger partial charge in [0.15, 0.2) is 5.16 Å². The van der Waals surface area contributed by atoms with E-state index in [0.717, 1.165) is 17.8 Å². The summed E-state index contributed by atoms with van der Waals surface area (Å²) in [6, 6.07) is 5.66. The number of anilines is 1. The number of rotatable bonds is 4. The van der Waals surface area contributed by atoms with E-state index in [0.29, 0.717) is 15.7 Å². The molecule has 0 atom stereocenters. The molecule has 0 saturated heterocycles. The molecule has 0 aliphatic rings. The van der Waals surface area contributed by atoms with E-state index in [2.05, 4.69) is 15.3 Å². The number of aromatic hydroxyl groups is 1. The van der Waals surface area contributed by atoms with E-state index in [-0.39, 0.29) is 16.8 Å². The maximum atomic E-state index is 11.8. The first-order valence-corrected chi connectivity index (χ1v) is 7.36. The number of hydrogen-bond donors (Lipinski definition) is 3. The number of thioether (sulfide) groups is 1. The van der Waals surface area contributed by atoms with Crippen LogP contribution in [0.1, 0.15) is 0 Å². The predicted octanol–water partition coefficient (Wildman–Crippen LogP) is 2.51. The molecule has 0 unspecified atom stereocenters. The maximum Gasteiger partial charge on any atom is 0.255 e. The van der Waals surface area contributed by atoms with Crippen LogP contribution in [0.5, 0.6) is 5.88 Å². The number of hydrogen-bond acceptors (Lipinski definition) is 5. The van der Waals surface area contributed by atoms with Gasteiger partial charge in [0.05, 0.1) is 21.9 Å². The molecule has 0 aliphatic carbocycles. The molecule has 2 rings (SSSR count). The van der Waals surface area contributed by atoms with Crippen LogP contribution in [-0.4, -0.2) is 26.7 Å². The number of halogens is 2. The second-order valence-electron chi connectivity index (χ2n) is 3.87. The zero-order chi connectivity index (χ0) is 15.4. The summed E-state index contributed by atoms with van der Waals surface area (Å²) < 4.78 is 0. The van der Waals surface area contributed by atoms with Gasteiger partial charge in [0.1, 0.15) is 0 Å². The molecule has 0 aliphatic heterocycles. The molecule has 2 aromatic rings. The van der Waals surface area contributed by atoms with Crippen molar-refractivity contribution >= 4 is 46.6 Å². The first-order valence-electron chi connectivity index (χ1n) is 5.62. The van der Waals surface area contributed by atoms with Crippen molar-refractivity contribution in [2.75, 3.05) is 11.1 Å². The van der Waals surface area contributed by atoms with Gasteiger partial charge < -0.3 is 15.4 Å². The van der Waals surface area contributed by atoms with Gasteiger partial charge in [0, 0.05) is 5.69 Å². The van der Waals surface area contributed by atoms with Crippen molar-refractivity contribution in [3.8, 4) is 5.88 Å². The number of amides is 1. The molecule has 21 heavy (non-hydrogen) atoms. The van der Waals surface area contributed by atoms with Gasteiger partial charge in [-0.05, 0) is 18.2 Å². The van der Waals surface area contributed by atoms with Crippen LogP contribution in [0.4, 0.5) is 5.69 Å². The average molecular weight is 346 g/mol. The van der Waals surface area contributed by atoms with E-state index in [1.54, 1.807) is 12.1 Å². The van der Waals surface area contributed by atoms with Gasteiger partial charge in [-0.1, -0.05) is 35.0 Å². The molecule has 6 nitrogen and oxygen atoms in total. The summed E-state index contributed by atoms with van der Waals surface area (Å²) in [7, 11) is 0. The standard InChI is InChI=1S/C12H9Cl2N3O3S/c13-7-2-1-6(3-8(7)14)15-11(20)5-21-12-16-9(18)4-10(19)17-12/h1-4H,5H2,(H,15,20)(H2,16,17,18,19). The molecule has 110 valence electrons. The molecule has 3 N–H and O–H groups in total. The zero-order valence-corrected chi connectivity index (χ0v) is 12.7. The van der Waals surface area contributed by atoms with Gasteiger partial charge in [-0.2, -0.15) is 4.98 Å². The SMILES string of the molecule is O=C(CSc1nc(O)cc(=O)[nH]1)Nc1ccc(Cl)c(Cl)c1. The van der Waals surface area contributed by atoms with Crippen molar-refractivity contribution in [1.29, 1.82) is 0 Å². The van der Waals surface area contributed by atoms with Crippen LogP contribution >= 0.6 is 35.0 Å². The Labute approximate surface area is 133 Å². The number of nitrogens with zero attached hydrogens (tertiary/aromatic N) is 1. The number of H-pyrrole nitrogens is 1. The van der Waals surface area contributed by atoms with Gasteiger partial charge in [-0.25, -0.2) is 0 Å². The van der Waals surface area contributed by atoms with E-state index < -0.39 is 11.4 Å². The fourth-order valence-electron chi connectivity index (χ4n) is 1.40. The molecule has 9 heteroatoms. The van der Waals surface area contributed by atoms with Crippen molar-refractivity contribution in [3.05, 3.63) is 44.7 Å². The van der Waals surface area contributed by atoms with Crippen molar-refractivity contribution in [2.45, 2.75) is 5.16 Å². The van der Waals surface area contributed by atoms with E-state index in [1.807, 2.05) is 0 Å². The normalized spacial score (nSPS) is 10.4. The Morgan fingerprint density at radius 1 is 1.33 bits per heavy atom. The van der Waals surface area contributed by atoms with Gasteiger partial charge in [-0.3, -0.25) is 9.59 Å². The third-order valence-corrected chi connectivity index (χ3v) is 3.86. The van der Waals surface area contributed by atoms with Crippen LogP contribution < -0.4 is 10.9 Å². The van der Waals surface area contributed by atoms with Gasteiger partial charge in [0.2, 0.25) is 11.8 Å². The molecule has 1 heterocycles. The molecule has 1 aromatic heterocycles. The number of benzene rings is 1. The Morgan fingerprint density at radius 2 is 2.10 bits per heavy atom. The lowest BCUT2D eigenvalue weighted by Gasteiger charge is -2.06. The predicted molar refractivity (Wildman–Crippen MR) is 82.3 cm³/mol. The summed E-state index contributed by atoms with van der Waals surface area (Å²) >= 11 is 12.6. The van der Waals surface area contributed by atoms with Crippen LogP contribution in [0, 0.1) is 0 Å². The molecule has 0 fully saturated rings. The molecule has 1 amide bonds. The van der Waals surface area contributed by atoms with Crippen LogP contribution in [0.2, 0.25) is 10.0 Å². The number of aromatic nitrogens is 2. The quantitative estimate of drug-likeness (QED) is 0.584. The lowest BCUT2D eigenvalue weighted by molar-refractivity contribution is -0.113. The Morgan fingerprint density at radius 3 is 2.76 bits per heavy atom. The van der Waals surface area contributed by atoms with Gasteiger partial charge in [0.25, 0.3) is 5.56 Å². The second-order valence-corrected chi connectivity index (χ2v) is 5.65. The van der Waals surface area contributed by atoms with Crippen molar-refractivity contribution < 1.29 is 9.90 Å². The zero-order valence-electron chi connectivity index (χ0n) is 10.4. The molecule has 0 bridgehead atoms. The number of carbonyl (C=O) groups excluding carboxylic acids is 1. The first-order chi connectivity index (χ1) is 9.94.